The summed E-state index contributed by atoms with van der Waals surface area (Å²) in [6, 6.07) is 18.5. The van der Waals surface area contributed by atoms with Crippen molar-refractivity contribution in [2.75, 3.05) is 26.2 Å². The van der Waals surface area contributed by atoms with Gasteiger partial charge in [-0.3, -0.25) is 9.69 Å². The molecule has 1 amide bonds. The average molecular weight is 471 g/mol. The molecule has 6 nitrogen and oxygen atoms in total. The molecule has 1 unspecified atom stereocenters. The topological polar surface area (TPSA) is 63.7 Å². The lowest BCUT2D eigenvalue weighted by Gasteiger charge is -2.33. The maximum absolute atomic E-state index is 12.6. The first-order valence-electron chi connectivity index (χ1n) is 10.8. The zero-order chi connectivity index (χ0) is 24.0. The van der Waals surface area contributed by atoms with Crippen LogP contribution in [0.2, 0.25) is 0 Å². The largest absolute Gasteiger partial charge is 0.439 e. The fourth-order valence-corrected chi connectivity index (χ4v) is 3.60. The van der Waals surface area contributed by atoms with E-state index < -0.39 is 11.7 Å². The summed E-state index contributed by atoms with van der Waals surface area (Å²) in [6.45, 7) is 3.40. The molecule has 3 aromatic rings. The Morgan fingerprint density at radius 2 is 1.85 bits per heavy atom. The predicted molar refractivity (Wildman–Crippen MR) is 120 cm³/mol. The molecule has 1 N–H and O–H groups in total. The summed E-state index contributed by atoms with van der Waals surface area (Å²) in [6.07, 6.45) is -3.84. The number of ether oxygens (including phenoxy) is 2. The van der Waals surface area contributed by atoms with Crippen LogP contribution in [0, 0.1) is 0 Å². The van der Waals surface area contributed by atoms with Gasteiger partial charge < -0.3 is 14.8 Å². The van der Waals surface area contributed by atoms with Crippen LogP contribution in [0.25, 0.3) is 0 Å². The highest BCUT2D eigenvalue weighted by Crippen LogP contribution is 2.30. The van der Waals surface area contributed by atoms with Gasteiger partial charge in [0.05, 0.1) is 18.3 Å². The number of morpholine rings is 1. The zero-order valence-corrected chi connectivity index (χ0v) is 18.3. The highest BCUT2D eigenvalue weighted by atomic mass is 19.4. The van der Waals surface area contributed by atoms with Crippen molar-refractivity contribution in [2.45, 2.75) is 18.8 Å². The van der Waals surface area contributed by atoms with Gasteiger partial charge in [0.15, 0.2) is 0 Å². The van der Waals surface area contributed by atoms with E-state index in [1.54, 1.807) is 24.3 Å². The summed E-state index contributed by atoms with van der Waals surface area (Å²) in [4.78, 5) is 18.5. The number of hydrogen-bond donors (Lipinski definition) is 1. The molecule has 0 radical (unpaired) electrons. The Labute approximate surface area is 195 Å². The van der Waals surface area contributed by atoms with E-state index in [9.17, 15) is 18.0 Å². The fraction of sp³-hybridized carbons (Fsp3) is 0.280. The van der Waals surface area contributed by atoms with Gasteiger partial charge in [0.2, 0.25) is 5.88 Å². The van der Waals surface area contributed by atoms with Gasteiger partial charge in [-0.15, -0.1) is 0 Å². The van der Waals surface area contributed by atoms with Gasteiger partial charge in [-0.2, -0.15) is 13.2 Å². The Hall–Kier alpha value is -3.43. The molecular weight excluding hydrogens is 447 g/mol. The number of amides is 1. The molecule has 1 atom stereocenters. The normalized spacial score (nSPS) is 16.7. The van der Waals surface area contributed by atoms with Gasteiger partial charge in [0, 0.05) is 44.0 Å². The predicted octanol–water partition coefficient (Wildman–Crippen LogP) is 4.52. The van der Waals surface area contributed by atoms with Crippen LogP contribution >= 0.6 is 0 Å². The molecule has 0 aliphatic carbocycles. The van der Waals surface area contributed by atoms with Crippen LogP contribution in [0.1, 0.15) is 21.5 Å². The minimum absolute atomic E-state index is 0.0275. The van der Waals surface area contributed by atoms with Crippen LogP contribution in [-0.2, 0) is 17.5 Å². The van der Waals surface area contributed by atoms with Gasteiger partial charge >= 0.3 is 6.18 Å². The zero-order valence-electron chi connectivity index (χ0n) is 18.3. The molecule has 0 bridgehead atoms. The lowest BCUT2D eigenvalue weighted by atomic mass is 10.1. The number of nitrogens with zero attached hydrogens (tertiary/aromatic N) is 2. The van der Waals surface area contributed by atoms with E-state index in [4.69, 9.17) is 9.47 Å². The number of nitrogens with one attached hydrogen (secondary N) is 1. The Kier molecular flexibility index (Phi) is 7.44. The van der Waals surface area contributed by atoms with E-state index in [0.717, 1.165) is 31.8 Å². The molecule has 2 aromatic carbocycles. The standard InChI is InChI=1S/C25H24F3N3O3/c26-25(27,28)20-8-11-23(29-14-20)34-21-9-6-19(7-10-21)24(32)30-15-22-17-31(12-13-33-22)16-18-4-2-1-3-5-18/h1-11,14,22H,12-13,15-17H2,(H,30,32). The lowest BCUT2D eigenvalue weighted by molar-refractivity contribution is -0.137. The minimum atomic E-state index is -4.45. The maximum atomic E-state index is 12.6. The van der Waals surface area contributed by atoms with Crippen molar-refractivity contribution in [3.05, 3.63) is 89.6 Å². The number of rotatable bonds is 7. The summed E-state index contributed by atoms with van der Waals surface area (Å²) >= 11 is 0. The second-order valence-corrected chi connectivity index (χ2v) is 7.93. The third-order valence-electron chi connectivity index (χ3n) is 5.36. The van der Waals surface area contributed by atoms with Crippen LogP contribution < -0.4 is 10.1 Å². The molecule has 0 spiro atoms. The van der Waals surface area contributed by atoms with Crippen LogP contribution in [0.3, 0.4) is 0 Å². The Balaban J connectivity index is 1.26. The van der Waals surface area contributed by atoms with E-state index in [1.165, 1.54) is 5.56 Å². The van der Waals surface area contributed by atoms with Crippen molar-refractivity contribution < 1.29 is 27.4 Å². The first-order valence-corrected chi connectivity index (χ1v) is 10.8. The molecule has 4 rings (SSSR count). The number of alkyl halides is 3. The Bertz CT molecular complexity index is 1070. The van der Waals surface area contributed by atoms with E-state index in [0.29, 0.717) is 30.7 Å². The lowest BCUT2D eigenvalue weighted by Crippen LogP contribution is -2.47. The van der Waals surface area contributed by atoms with E-state index >= 15 is 0 Å². The van der Waals surface area contributed by atoms with Crippen molar-refractivity contribution in [2.24, 2.45) is 0 Å². The van der Waals surface area contributed by atoms with Crippen molar-refractivity contribution in [1.82, 2.24) is 15.2 Å². The number of pyridine rings is 1. The molecule has 1 aliphatic heterocycles. The van der Waals surface area contributed by atoms with Crippen molar-refractivity contribution >= 4 is 5.91 Å². The maximum Gasteiger partial charge on any atom is 0.417 e. The summed E-state index contributed by atoms with van der Waals surface area (Å²) in [5.41, 5.74) is 0.822. The first kappa shape index (κ1) is 23.7. The van der Waals surface area contributed by atoms with Crippen molar-refractivity contribution in [1.29, 1.82) is 0 Å². The quantitative estimate of drug-likeness (QED) is 0.549. The van der Waals surface area contributed by atoms with Crippen molar-refractivity contribution in [3.8, 4) is 11.6 Å². The van der Waals surface area contributed by atoms with E-state index in [1.807, 2.05) is 18.2 Å². The molecule has 1 saturated heterocycles. The molecule has 34 heavy (non-hydrogen) atoms. The number of aromatic nitrogens is 1. The SMILES string of the molecule is O=C(NCC1CN(Cc2ccccc2)CCO1)c1ccc(Oc2ccc(C(F)(F)F)cn2)cc1. The van der Waals surface area contributed by atoms with E-state index in [-0.39, 0.29) is 17.9 Å². The number of halogens is 3. The summed E-state index contributed by atoms with van der Waals surface area (Å²) < 4.78 is 49.1. The number of carbonyl (C=O) groups is 1. The van der Waals surface area contributed by atoms with Crippen LogP contribution in [0.5, 0.6) is 11.6 Å². The number of benzene rings is 2. The van der Waals surface area contributed by atoms with Crippen LogP contribution in [0.4, 0.5) is 13.2 Å². The van der Waals surface area contributed by atoms with E-state index in [2.05, 4.69) is 27.3 Å². The highest BCUT2D eigenvalue weighted by Gasteiger charge is 2.30. The monoisotopic (exact) mass is 471 g/mol. The van der Waals surface area contributed by atoms with Crippen LogP contribution in [0.15, 0.2) is 72.9 Å². The summed E-state index contributed by atoms with van der Waals surface area (Å²) in [5.74, 6) is 0.138. The van der Waals surface area contributed by atoms with Crippen LogP contribution in [-0.4, -0.2) is 48.1 Å². The third-order valence-corrected chi connectivity index (χ3v) is 5.36. The molecule has 178 valence electrons. The molecule has 1 fully saturated rings. The molecule has 1 aromatic heterocycles. The molecular formula is C25H24F3N3O3. The second kappa shape index (κ2) is 10.7. The summed E-state index contributed by atoms with van der Waals surface area (Å²) in [7, 11) is 0. The Morgan fingerprint density at radius 3 is 2.53 bits per heavy atom. The molecule has 1 aliphatic rings. The van der Waals surface area contributed by atoms with Gasteiger partial charge in [-0.1, -0.05) is 30.3 Å². The van der Waals surface area contributed by atoms with Gasteiger partial charge in [0.25, 0.3) is 5.91 Å². The van der Waals surface area contributed by atoms with Gasteiger partial charge in [-0.25, -0.2) is 4.98 Å². The average Bonchev–Trinajstić information content (AvgIpc) is 2.84. The first-order chi connectivity index (χ1) is 16.4. The van der Waals surface area contributed by atoms with Gasteiger partial charge in [0.1, 0.15) is 5.75 Å². The third kappa shape index (κ3) is 6.55. The minimum Gasteiger partial charge on any atom is -0.439 e. The fourth-order valence-electron chi connectivity index (χ4n) is 3.60. The van der Waals surface area contributed by atoms with Gasteiger partial charge in [-0.05, 0) is 35.9 Å². The molecule has 9 heteroatoms. The molecule has 0 saturated carbocycles. The summed E-state index contributed by atoms with van der Waals surface area (Å²) in [5, 5.41) is 2.89. The smallest absolute Gasteiger partial charge is 0.417 e. The number of hydrogen-bond acceptors (Lipinski definition) is 5. The van der Waals surface area contributed by atoms with Crippen molar-refractivity contribution in [3.63, 3.8) is 0 Å². The molecule has 2 heterocycles. The highest BCUT2D eigenvalue weighted by molar-refractivity contribution is 5.94. The Morgan fingerprint density at radius 1 is 1.09 bits per heavy atom. The number of carbonyl (C=O) groups excluding carboxylic acids is 1. The second-order valence-electron chi connectivity index (χ2n) is 7.93.